The van der Waals surface area contributed by atoms with Crippen LogP contribution in [0.25, 0.3) is 11.1 Å². The highest BCUT2D eigenvalue weighted by Crippen LogP contribution is 2.37. The van der Waals surface area contributed by atoms with Gasteiger partial charge in [0, 0.05) is 17.8 Å². The standard InChI is InChI=1S/C36H33Cl3N6O6/c1-18-7-10-27(19(2)13-18)40-35(48)33(20(3)46)44-42-28-11-8-22(14-24(28)37)23-9-12-29(25(38)15-23)43-45-34(21(4)47)36(49)41-30-17-31(50-5)26(39)16-32(30)51-6/h7-17,33-34H,1-6H3,(H,40,48)(H,41,49)/t33-,34+/m1/s1. The Hall–Kier alpha value is -5.17. The molecule has 12 nitrogen and oxygen atoms in total. The van der Waals surface area contributed by atoms with E-state index in [9.17, 15) is 19.2 Å². The molecule has 0 radical (unpaired) electrons. The Labute approximate surface area is 309 Å². The number of azo groups is 2. The van der Waals surface area contributed by atoms with Crippen molar-refractivity contribution >= 4 is 80.9 Å². The predicted molar refractivity (Wildman–Crippen MR) is 198 cm³/mol. The first-order valence-corrected chi connectivity index (χ1v) is 16.4. The van der Waals surface area contributed by atoms with E-state index in [1.54, 1.807) is 42.5 Å². The number of hydrogen-bond acceptors (Lipinski definition) is 10. The largest absolute Gasteiger partial charge is 0.495 e. The van der Waals surface area contributed by atoms with E-state index in [1.165, 1.54) is 40.2 Å². The number of rotatable bonds is 13. The summed E-state index contributed by atoms with van der Waals surface area (Å²) < 4.78 is 10.5. The maximum absolute atomic E-state index is 13.0. The average Bonchev–Trinajstić information content (AvgIpc) is 3.07. The molecule has 2 amide bonds. The molecule has 0 saturated heterocycles. The molecule has 51 heavy (non-hydrogen) atoms. The van der Waals surface area contributed by atoms with E-state index < -0.39 is 35.5 Å². The van der Waals surface area contributed by atoms with Crippen LogP contribution in [0, 0.1) is 13.8 Å². The number of nitrogens with zero attached hydrogens (tertiary/aromatic N) is 4. The van der Waals surface area contributed by atoms with E-state index in [-0.39, 0.29) is 43.6 Å². The van der Waals surface area contributed by atoms with E-state index in [4.69, 9.17) is 44.3 Å². The lowest BCUT2D eigenvalue weighted by Gasteiger charge is -2.14. The Balaban J connectivity index is 1.48. The number of nitrogens with one attached hydrogen (secondary N) is 2. The van der Waals surface area contributed by atoms with Gasteiger partial charge in [-0.05, 0) is 74.7 Å². The third kappa shape index (κ3) is 9.75. The van der Waals surface area contributed by atoms with Crippen molar-refractivity contribution in [3.05, 3.63) is 92.9 Å². The number of carbonyl (C=O) groups is 4. The zero-order valence-corrected chi connectivity index (χ0v) is 30.6. The average molecular weight is 752 g/mol. The van der Waals surface area contributed by atoms with Crippen molar-refractivity contribution in [3.8, 4) is 22.6 Å². The summed E-state index contributed by atoms with van der Waals surface area (Å²) in [4.78, 5) is 50.6. The van der Waals surface area contributed by atoms with E-state index >= 15 is 0 Å². The number of halogens is 3. The van der Waals surface area contributed by atoms with Crippen molar-refractivity contribution in [1.29, 1.82) is 0 Å². The summed E-state index contributed by atoms with van der Waals surface area (Å²) in [6.07, 6.45) is 0. The highest BCUT2D eigenvalue weighted by Gasteiger charge is 2.26. The lowest BCUT2D eigenvalue weighted by molar-refractivity contribution is -0.127. The van der Waals surface area contributed by atoms with Crippen LogP contribution < -0.4 is 20.1 Å². The van der Waals surface area contributed by atoms with E-state index in [0.717, 1.165) is 11.1 Å². The van der Waals surface area contributed by atoms with Crippen molar-refractivity contribution in [2.45, 2.75) is 39.8 Å². The van der Waals surface area contributed by atoms with Gasteiger partial charge < -0.3 is 20.1 Å². The van der Waals surface area contributed by atoms with Gasteiger partial charge in [0.1, 0.15) is 22.9 Å². The molecule has 0 saturated carbocycles. The number of hydrogen-bond donors (Lipinski definition) is 2. The van der Waals surface area contributed by atoms with Crippen LogP contribution >= 0.6 is 34.8 Å². The van der Waals surface area contributed by atoms with Gasteiger partial charge in [-0.2, -0.15) is 20.5 Å². The summed E-state index contributed by atoms with van der Waals surface area (Å²) in [6.45, 7) is 6.26. The fourth-order valence-electron chi connectivity index (χ4n) is 4.73. The molecule has 4 aromatic rings. The molecule has 0 aliphatic rings. The Morgan fingerprint density at radius 3 is 1.53 bits per heavy atom. The molecule has 0 fully saturated rings. The number of ether oxygens (including phenoxy) is 2. The summed E-state index contributed by atoms with van der Waals surface area (Å²) >= 11 is 19.2. The molecule has 0 bridgehead atoms. The second-order valence-corrected chi connectivity index (χ2v) is 12.5. The van der Waals surface area contributed by atoms with E-state index in [1.807, 2.05) is 26.0 Å². The monoisotopic (exact) mass is 750 g/mol. The molecule has 0 heterocycles. The molecule has 4 rings (SSSR count). The van der Waals surface area contributed by atoms with Gasteiger partial charge in [-0.25, -0.2) is 0 Å². The highest BCUT2D eigenvalue weighted by atomic mass is 35.5. The first-order valence-electron chi connectivity index (χ1n) is 15.2. The summed E-state index contributed by atoms with van der Waals surface area (Å²) in [6, 6.07) is 15.4. The summed E-state index contributed by atoms with van der Waals surface area (Å²) in [5.41, 5.74) is 4.43. The number of carbonyl (C=O) groups excluding carboxylic acids is 4. The van der Waals surface area contributed by atoms with E-state index in [0.29, 0.717) is 16.8 Å². The third-order valence-electron chi connectivity index (χ3n) is 7.43. The van der Waals surface area contributed by atoms with Crippen molar-refractivity contribution in [2.24, 2.45) is 20.5 Å². The Morgan fingerprint density at radius 2 is 1.10 bits per heavy atom. The van der Waals surface area contributed by atoms with Gasteiger partial charge in [-0.1, -0.05) is 64.6 Å². The van der Waals surface area contributed by atoms with Gasteiger partial charge in [0.2, 0.25) is 12.1 Å². The molecule has 0 unspecified atom stereocenters. The van der Waals surface area contributed by atoms with Crippen LogP contribution in [0.4, 0.5) is 22.7 Å². The van der Waals surface area contributed by atoms with E-state index in [2.05, 4.69) is 31.1 Å². The number of methoxy groups -OCH3 is 2. The number of anilines is 2. The fourth-order valence-corrected chi connectivity index (χ4v) is 5.39. The van der Waals surface area contributed by atoms with Crippen LogP contribution in [0.3, 0.4) is 0 Å². The highest BCUT2D eigenvalue weighted by molar-refractivity contribution is 6.34. The zero-order valence-electron chi connectivity index (χ0n) is 28.4. The molecular weight excluding hydrogens is 719 g/mol. The molecule has 264 valence electrons. The van der Waals surface area contributed by atoms with Crippen LogP contribution in [0.15, 0.2) is 87.2 Å². The second-order valence-electron chi connectivity index (χ2n) is 11.3. The molecule has 0 aliphatic heterocycles. The minimum absolute atomic E-state index is 0.182. The van der Waals surface area contributed by atoms with Crippen LogP contribution in [0.2, 0.25) is 15.1 Å². The summed E-state index contributed by atoms with van der Waals surface area (Å²) in [5.74, 6) is -1.89. The lowest BCUT2D eigenvalue weighted by atomic mass is 10.0. The molecule has 2 atom stereocenters. The third-order valence-corrected chi connectivity index (χ3v) is 8.33. The number of aryl methyl sites for hydroxylation is 2. The van der Waals surface area contributed by atoms with Gasteiger partial charge in [0.15, 0.2) is 11.6 Å². The molecular formula is C36H33Cl3N6O6. The first-order chi connectivity index (χ1) is 24.2. The Bertz CT molecular complexity index is 2070. The first kappa shape index (κ1) is 38.6. The minimum atomic E-state index is -1.49. The summed E-state index contributed by atoms with van der Waals surface area (Å²) in [5, 5.41) is 22.1. The zero-order chi connectivity index (χ0) is 37.4. The molecule has 2 N–H and O–H groups in total. The number of amides is 2. The van der Waals surface area contributed by atoms with Gasteiger partial charge in [-0.3, -0.25) is 19.2 Å². The van der Waals surface area contributed by atoms with Crippen LogP contribution in [0.5, 0.6) is 11.5 Å². The smallest absolute Gasteiger partial charge is 0.258 e. The maximum atomic E-state index is 13.0. The topological polar surface area (TPSA) is 160 Å². The van der Waals surface area contributed by atoms with Crippen molar-refractivity contribution < 1.29 is 28.7 Å². The van der Waals surface area contributed by atoms with Crippen molar-refractivity contribution in [2.75, 3.05) is 24.9 Å². The molecule has 0 aromatic heterocycles. The van der Waals surface area contributed by atoms with Crippen molar-refractivity contribution in [3.63, 3.8) is 0 Å². The quantitative estimate of drug-likeness (QED) is 0.102. The number of Topliss-reactive ketones (excluding diaryl/α,β-unsaturated/α-hetero) is 2. The Morgan fingerprint density at radius 1 is 0.608 bits per heavy atom. The summed E-state index contributed by atoms with van der Waals surface area (Å²) in [7, 11) is 2.82. The second kappa shape index (κ2) is 17.2. The molecule has 4 aromatic carbocycles. The van der Waals surface area contributed by atoms with Gasteiger partial charge in [0.25, 0.3) is 11.8 Å². The Kier molecular flexibility index (Phi) is 13.0. The van der Waals surface area contributed by atoms with Crippen molar-refractivity contribution in [1.82, 2.24) is 0 Å². The van der Waals surface area contributed by atoms with Gasteiger partial charge in [-0.15, -0.1) is 0 Å². The molecule has 0 aliphatic carbocycles. The lowest BCUT2D eigenvalue weighted by Crippen LogP contribution is -2.32. The predicted octanol–water partition coefficient (Wildman–Crippen LogP) is 9.31. The normalized spacial score (nSPS) is 12.4. The SMILES string of the molecule is COc1cc(NC(=O)[C@@H](N=Nc2ccc(-c3ccc(N=N[C@H](C(C)=O)C(=O)Nc4ccc(C)cc4C)c(Cl)c3)cc2Cl)C(C)=O)c(OC)cc1Cl. The van der Waals surface area contributed by atoms with Crippen LogP contribution in [-0.2, 0) is 19.2 Å². The maximum Gasteiger partial charge on any atom is 0.258 e. The number of benzene rings is 4. The van der Waals surface area contributed by atoms with Crippen LogP contribution in [0.1, 0.15) is 25.0 Å². The molecule has 0 spiro atoms. The number of ketones is 2. The fraction of sp³-hybridized carbons (Fsp3) is 0.222. The molecule has 15 heteroatoms. The van der Waals surface area contributed by atoms with Crippen LogP contribution in [-0.4, -0.2) is 49.7 Å². The van der Waals surface area contributed by atoms with Gasteiger partial charge in [0.05, 0.1) is 35.0 Å². The van der Waals surface area contributed by atoms with Gasteiger partial charge >= 0.3 is 0 Å². The minimum Gasteiger partial charge on any atom is -0.495 e.